The van der Waals surface area contributed by atoms with Gasteiger partial charge in [0.2, 0.25) is 0 Å². The van der Waals surface area contributed by atoms with Gasteiger partial charge in [-0.25, -0.2) is 22.8 Å². The Balaban J connectivity index is 0.00000156. The maximum absolute atomic E-state index is 12.7. The van der Waals surface area contributed by atoms with Crippen molar-refractivity contribution in [3.63, 3.8) is 0 Å². The Bertz CT molecular complexity index is 877. The Morgan fingerprint density at radius 1 is 0.944 bits per heavy atom. The largest absolute Gasteiger partial charge is 0.473 e. The van der Waals surface area contributed by atoms with E-state index in [-0.39, 0.29) is 23.8 Å². The molecule has 0 unspecified atom stereocenters. The van der Waals surface area contributed by atoms with Gasteiger partial charge < -0.3 is 35.7 Å². The number of benzene rings is 1. The summed E-state index contributed by atoms with van der Waals surface area (Å²) in [7, 11) is -3.41. The number of likely N-dealkylation sites (N-methyl/N-ethyl adjacent to an activating group) is 1. The van der Waals surface area contributed by atoms with Crippen LogP contribution in [-0.4, -0.2) is 121 Å². The molecular weight excluding hydrogens is 492 g/mol. The molecule has 1 aliphatic heterocycles. The molecular formula is C23H40N4O8S. The highest BCUT2D eigenvalue weighted by molar-refractivity contribution is 7.91. The SMILES string of the molecule is CCN(CC)CCNC(=O)N(CCN1CCCC1)CCS(=O)(=O)c1ccccc1.O.O=C(O)C(=O)O. The second kappa shape index (κ2) is 17.7. The second-order valence-corrected chi connectivity index (χ2v) is 10.1. The summed E-state index contributed by atoms with van der Waals surface area (Å²) in [6, 6.07) is 8.27. The number of urea groups is 1. The molecule has 1 saturated heterocycles. The van der Waals surface area contributed by atoms with Crippen LogP contribution in [0.3, 0.4) is 0 Å². The molecule has 2 amide bonds. The number of aliphatic carboxylic acids is 2. The first-order valence-electron chi connectivity index (χ1n) is 11.8. The van der Waals surface area contributed by atoms with Crippen molar-refractivity contribution in [2.24, 2.45) is 0 Å². The zero-order chi connectivity index (χ0) is 26.3. The quantitative estimate of drug-likeness (QED) is 0.318. The monoisotopic (exact) mass is 532 g/mol. The third-order valence-electron chi connectivity index (χ3n) is 5.69. The van der Waals surface area contributed by atoms with Crippen molar-refractivity contribution < 1.29 is 38.5 Å². The lowest BCUT2D eigenvalue weighted by atomic mass is 10.4. The minimum absolute atomic E-state index is 0. The predicted octanol–water partition coefficient (Wildman–Crippen LogP) is 0.240. The van der Waals surface area contributed by atoms with E-state index in [9.17, 15) is 13.2 Å². The van der Waals surface area contributed by atoms with Gasteiger partial charge in [-0.15, -0.1) is 0 Å². The Labute approximate surface area is 213 Å². The van der Waals surface area contributed by atoms with Crippen molar-refractivity contribution in [2.45, 2.75) is 31.6 Å². The summed E-state index contributed by atoms with van der Waals surface area (Å²) in [5, 5.41) is 17.7. The number of nitrogens with zero attached hydrogens (tertiary/aromatic N) is 3. The fraction of sp³-hybridized carbons (Fsp3) is 0.609. The molecule has 2 rings (SSSR count). The summed E-state index contributed by atoms with van der Waals surface area (Å²) >= 11 is 0. The van der Waals surface area contributed by atoms with Gasteiger partial charge >= 0.3 is 18.0 Å². The van der Waals surface area contributed by atoms with Gasteiger partial charge in [0.05, 0.1) is 10.6 Å². The molecule has 0 saturated carbocycles. The number of likely N-dealkylation sites (tertiary alicyclic amines) is 1. The molecule has 0 aliphatic carbocycles. The summed E-state index contributed by atoms with van der Waals surface area (Å²) < 4.78 is 25.3. The maximum Gasteiger partial charge on any atom is 0.414 e. The highest BCUT2D eigenvalue weighted by atomic mass is 32.2. The molecule has 36 heavy (non-hydrogen) atoms. The number of carboxylic acid groups (broad SMARTS) is 2. The number of nitrogens with one attached hydrogen (secondary N) is 1. The van der Waals surface area contributed by atoms with Crippen LogP contribution in [0.15, 0.2) is 35.2 Å². The number of hydrogen-bond acceptors (Lipinski definition) is 7. The van der Waals surface area contributed by atoms with Crippen LogP contribution in [0.1, 0.15) is 26.7 Å². The minimum atomic E-state index is -3.41. The highest BCUT2D eigenvalue weighted by Gasteiger charge is 2.21. The average molecular weight is 533 g/mol. The Morgan fingerprint density at radius 2 is 1.50 bits per heavy atom. The van der Waals surface area contributed by atoms with E-state index >= 15 is 0 Å². The first-order chi connectivity index (χ1) is 16.6. The highest BCUT2D eigenvalue weighted by Crippen LogP contribution is 2.11. The Morgan fingerprint density at radius 3 is 2.00 bits per heavy atom. The van der Waals surface area contributed by atoms with E-state index in [4.69, 9.17) is 19.8 Å². The molecule has 0 spiro atoms. The number of carbonyl (C=O) groups is 3. The van der Waals surface area contributed by atoms with Gasteiger partial charge in [0.15, 0.2) is 9.84 Å². The van der Waals surface area contributed by atoms with E-state index in [2.05, 4.69) is 29.0 Å². The van der Waals surface area contributed by atoms with Gasteiger partial charge in [-0.3, -0.25) is 0 Å². The molecule has 1 fully saturated rings. The molecule has 0 atom stereocenters. The first-order valence-corrected chi connectivity index (χ1v) is 13.5. The van der Waals surface area contributed by atoms with Crippen LogP contribution in [0.5, 0.6) is 0 Å². The van der Waals surface area contributed by atoms with Crippen molar-refractivity contribution in [3.05, 3.63) is 30.3 Å². The number of hydrogen-bond donors (Lipinski definition) is 3. The van der Waals surface area contributed by atoms with E-state index in [1.807, 2.05) is 0 Å². The van der Waals surface area contributed by atoms with Crippen molar-refractivity contribution >= 4 is 27.8 Å². The first kappa shape index (κ1) is 33.3. The average Bonchev–Trinajstić information content (AvgIpc) is 3.36. The summed E-state index contributed by atoms with van der Waals surface area (Å²) in [6.45, 7) is 11.1. The summed E-state index contributed by atoms with van der Waals surface area (Å²) in [4.78, 5) is 37.5. The smallest absolute Gasteiger partial charge is 0.414 e. The normalized spacial score (nSPS) is 13.3. The van der Waals surface area contributed by atoms with Gasteiger partial charge in [0, 0.05) is 32.7 Å². The van der Waals surface area contributed by atoms with Crippen LogP contribution in [0.4, 0.5) is 4.79 Å². The van der Waals surface area contributed by atoms with E-state index in [0.717, 1.165) is 39.3 Å². The Kier molecular flexibility index (Phi) is 16.3. The van der Waals surface area contributed by atoms with Gasteiger partial charge in [-0.05, 0) is 51.2 Å². The molecule has 12 nitrogen and oxygen atoms in total. The van der Waals surface area contributed by atoms with Crippen LogP contribution in [-0.2, 0) is 19.4 Å². The van der Waals surface area contributed by atoms with Gasteiger partial charge in [-0.2, -0.15) is 0 Å². The summed E-state index contributed by atoms with van der Waals surface area (Å²) in [5.41, 5.74) is 0. The molecule has 1 aromatic rings. The second-order valence-electron chi connectivity index (χ2n) is 8.04. The molecule has 1 heterocycles. The third-order valence-corrected chi connectivity index (χ3v) is 7.40. The number of rotatable bonds is 12. The van der Waals surface area contributed by atoms with E-state index in [1.54, 1.807) is 35.2 Å². The summed E-state index contributed by atoms with van der Waals surface area (Å²) in [6.07, 6.45) is 2.39. The molecule has 1 aliphatic rings. The lowest BCUT2D eigenvalue weighted by Crippen LogP contribution is -2.47. The zero-order valence-electron chi connectivity index (χ0n) is 21.1. The predicted molar refractivity (Wildman–Crippen MR) is 136 cm³/mol. The van der Waals surface area contributed by atoms with Gasteiger partial charge in [0.25, 0.3) is 0 Å². The fourth-order valence-electron chi connectivity index (χ4n) is 3.53. The number of amides is 2. The third kappa shape index (κ3) is 12.8. The van der Waals surface area contributed by atoms with E-state index in [1.165, 1.54) is 12.8 Å². The lowest BCUT2D eigenvalue weighted by Gasteiger charge is -2.26. The standard InChI is InChI=1S/C21H36N4O3S.C2H2O4.H2O/c1-3-23(4-2)15-12-22-21(26)25(17-16-24-13-8-9-14-24)18-19-29(27,28)20-10-6-5-7-11-20;3-1(4)2(5)6;/h5-7,10-11H,3-4,8-9,12-19H2,1-2H3,(H,22,26);(H,3,4)(H,5,6);1H2. The van der Waals surface area contributed by atoms with Gasteiger partial charge in [0.1, 0.15) is 0 Å². The topological polar surface area (TPSA) is 179 Å². The minimum Gasteiger partial charge on any atom is -0.473 e. The zero-order valence-corrected chi connectivity index (χ0v) is 21.9. The molecule has 206 valence electrons. The molecule has 13 heteroatoms. The van der Waals surface area contributed by atoms with Crippen molar-refractivity contribution in [3.8, 4) is 0 Å². The van der Waals surface area contributed by atoms with Crippen molar-refractivity contribution in [1.29, 1.82) is 0 Å². The van der Waals surface area contributed by atoms with Crippen LogP contribution in [0, 0.1) is 0 Å². The molecule has 5 N–H and O–H groups in total. The molecule has 0 radical (unpaired) electrons. The fourth-order valence-corrected chi connectivity index (χ4v) is 4.80. The molecule has 1 aromatic carbocycles. The van der Waals surface area contributed by atoms with Crippen LogP contribution < -0.4 is 5.32 Å². The lowest BCUT2D eigenvalue weighted by molar-refractivity contribution is -0.159. The van der Waals surface area contributed by atoms with Crippen molar-refractivity contribution in [1.82, 2.24) is 20.0 Å². The van der Waals surface area contributed by atoms with Crippen LogP contribution >= 0.6 is 0 Å². The Hall–Kier alpha value is -2.74. The van der Waals surface area contributed by atoms with Crippen LogP contribution in [0.25, 0.3) is 0 Å². The number of sulfone groups is 1. The number of carboxylic acids is 2. The van der Waals surface area contributed by atoms with E-state index in [0.29, 0.717) is 18.0 Å². The van der Waals surface area contributed by atoms with Crippen LogP contribution in [0.2, 0.25) is 0 Å². The maximum atomic E-state index is 12.7. The molecule has 0 bridgehead atoms. The summed E-state index contributed by atoms with van der Waals surface area (Å²) in [5.74, 6) is -3.72. The van der Waals surface area contributed by atoms with Crippen molar-refractivity contribution in [2.75, 3.05) is 64.7 Å². The number of carbonyl (C=O) groups excluding carboxylic acids is 1. The van der Waals surface area contributed by atoms with E-state index < -0.39 is 21.8 Å². The molecule has 0 aromatic heterocycles. The van der Waals surface area contributed by atoms with Gasteiger partial charge in [-0.1, -0.05) is 32.0 Å².